The number of phenols is 1. The number of fused-ring (bicyclic) bond motifs is 7. The first-order valence-corrected chi connectivity index (χ1v) is 12.3. The maximum absolute atomic E-state index is 12.7. The molecule has 0 saturated carbocycles. The first kappa shape index (κ1) is 23.4. The lowest BCUT2D eigenvalue weighted by molar-refractivity contribution is 0.0224. The minimum Gasteiger partial charge on any atom is -0.508 e. The minimum atomic E-state index is -1.14. The van der Waals surface area contributed by atoms with Gasteiger partial charge >= 0.3 is 5.97 Å². The standard InChI is InChI=1S/C23H16O5.C10H8/c1-2-11-26-15-8-10-19-21(13-15)27-20-12-14(24)7-9-18(20)23(19)17-6-4-3-5-16(17)22(25)28-23;1-2-6-10-8-4-3-7-9(10)5-1/h2-10,12-13,24H,1,11H2;1-8H. The van der Waals surface area contributed by atoms with Crippen molar-refractivity contribution in [2.75, 3.05) is 6.61 Å². The van der Waals surface area contributed by atoms with Gasteiger partial charge in [-0.1, -0.05) is 79.4 Å². The summed E-state index contributed by atoms with van der Waals surface area (Å²) in [5.41, 5.74) is 1.49. The molecule has 5 heteroatoms. The molecule has 38 heavy (non-hydrogen) atoms. The molecule has 0 aromatic heterocycles. The first-order chi connectivity index (χ1) is 18.6. The highest BCUT2D eigenvalue weighted by Crippen LogP contribution is 2.56. The van der Waals surface area contributed by atoms with Gasteiger partial charge in [0.15, 0.2) is 5.60 Å². The summed E-state index contributed by atoms with van der Waals surface area (Å²) in [5.74, 6) is 1.21. The van der Waals surface area contributed by atoms with Crippen molar-refractivity contribution in [3.63, 3.8) is 0 Å². The van der Waals surface area contributed by atoms with Crippen LogP contribution >= 0.6 is 0 Å². The van der Waals surface area contributed by atoms with Gasteiger partial charge < -0.3 is 19.3 Å². The Labute approximate surface area is 220 Å². The number of phenolic OH excluding ortho intramolecular Hbond substituents is 1. The van der Waals surface area contributed by atoms with Crippen LogP contribution in [0.15, 0.2) is 122 Å². The SMILES string of the molecule is C=CCOc1ccc2c(c1)Oc1cc(O)ccc1C21OC(=O)c2ccccc21.c1ccc2ccccc2c1. The van der Waals surface area contributed by atoms with Gasteiger partial charge in [0.25, 0.3) is 0 Å². The van der Waals surface area contributed by atoms with Crippen LogP contribution in [0.4, 0.5) is 0 Å². The number of carbonyl (C=O) groups excluding carboxylic acids is 1. The highest BCUT2D eigenvalue weighted by atomic mass is 16.6. The lowest BCUT2D eigenvalue weighted by Crippen LogP contribution is -2.32. The quantitative estimate of drug-likeness (QED) is 0.207. The van der Waals surface area contributed by atoms with Crippen LogP contribution in [-0.2, 0) is 10.3 Å². The highest BCUT2D eigenvalue weighted by Gasteiger charge is 2.53. The Morgan fingerprint density at radius 3 is 2.05 bits per heavy atom. The first-order valence-electron chi connectivity index (χ1n) is 12.3. The molecule has 2 heterocycles. The van der Waals surface area contributed by atoms with Gasteiger partial charge in [-0.2, -0.15) is 0 Å². The maximum atomic E-state index is 12.7. The average molecular weight is 501 g/mol. The summed E-state index contributed by atoms with van der Waals surface area (Å²) in [6, 6.07) is 34.3. The van der Waals surface area contributed by atoms with Crippen molar-refractivity contribution in [1.29, 1.82) is 0 Å². The zero-order valence-corrected chi connectivity index (χ0v) is 20.5. The molecule has 7 rings (SSSR count). The van der Waals surface area contributed by atoms with Gasteiger partial charge in [-0.25, -0.2) is 4.79 Å². The number of esters is 1. The number of hydrogen-bond donors (Lipinski definition) is 1. The van der Waals surface area contributed by atoms with Gasteiger partial charge in [-0.05, 0) is 41.1 Å². The largest absolute Gasteiger partial charge is 0.508 e. The molecule has 1 atom stereocenters. The Morgan fingerprint density at radius 1 is 0.763 bits per heavy atom. The van der Waals surface area contributed by atoms with Gasteiger partial charge in [-0.3, -0.25) is 0 Å². The van der Waals surface area contributed by atoms with Crippen LogP contribution in [0.2, 0.25) is 0 Å². The summed E-state index contributed by atoms with van der Waals surface area (Å²) < 4.78 is 17.7. The van der Waals surface area contributed by atoms with E-state index in [1.165, 1.54) is 16.8 Å². The van der Waals surface area contributed by atoms with Crippen LogP contribution in [0.5, 0.6) is 23.0 Å². The second-order valence-electron chi connectivity index (χ2n) is 9.00. The number of carbonyl (C=O) groups is 1. The zero-order valence-electron chi connectivity index (χ0n) is 20.5. The van der Waals surface area contributed by atoms with Crippen molar-refractivity contribution in [2.45, 2.75) is 5.60 Å². The summed E-state index contributed by atoms with van der Waals surface area (Å²) >= 11 is 0. The van der Waals surface area contributed by atoms with Gasteiger partial charge in [-0.15, -0.1) is 0 Å². The van der Waals surface area contributed by atoms with Crippen LogP contribution in [0.1, 0.15) is 27.0 Å². The third-order valence-electron chi connectivity index (χ3n) is 6.70. The van der Waals surface area contributed by atoms with Crippen molar-refractivity contribution in [2.24, 2.45) is 0 Å². The zero-order chi connectivity index (χ0) is 26.1. The smallest absolute Gasteiger partial charge is 0.340 e. The Hall–Kier alpha value is -5.03. The van der Waals surface area contributed by atoms with Gasteiger partial charge in [0.05, 0.1) is 5.56 Å². The van der Waals surface area contributed by atoms with E-state index in [0.717, 1.165) is 5.56 Å². The van der Waals surface area contributed by atoms with Crippen LogP contribution < -0.4 is 9.47 Å². The molecule has 1 spiro atoms. The molecular weight excluding hydrogens is 476 g/mol. The van der Waals surface area contributed by atoms with Gasteiger partial charge in [0.2, 0.25) is 0 Å². The number of aromatic hydroxyl groups is 1. The van der Waals surface area contributed by atoms with Crippen molar-refractivity contribution < 1.29 is 24.1 Å². The molecule has 2 aliphatic heterocycles. The van der Waals surface area contributed by atoms with Gasteiger partial charge in [0, 0.05) is 28.8 Å². The lowest BCUT2D eigenvalue weighted by atomic mass is 9.77. The molecular formula is C33H24O5. The Morgan fingerprint density at radius 2 is 1.37 bits per heavy atom. The van der Waals surface area contributed by atoms with Crippen LogP contribution in [0, 0.1) is 0 Å². The molecule has 0 radical (unpaired) electrons. The van der Waals surface area contributed by atoms with Crippen LogP contribution in [0.3, 0.4) is 0 Å². The second kappa shape index (κ2) is 9.45. The summed E-state index contributed by atoms with van der Waals surface area (Å²) in [6.45, 7) is 4.01. The normalized spacial score (nSPS) is 16.3. The van der Waals surface area contributed by atoms with Crippen LogP contribution in [0.25, 0.3) is 10.8 Å². The van der Waals surface area contributed by atoms with Crippen LogP contribution in [-0.4, -0.2) is 17.7 Å². The fourth-order valence-corrected chi connectivity index (χ4v) is 5.02. The fourth-order valence-electron chi connectivity index (χ4n) is 5.02. The molecule has 0 aliphatic carbocycles. The molecule has 0 bridgehead atoms. The van der Waals surface area contributed by atoms with E-state index < -0.39 is 11.6 Å². The fraction of sp³-hybridized carbons (Fsp3) is 0.0606. The van der Waals surface area contributed by atoms with E-state index in [-0.39, 0.29) is 5.75 Å². The number of benzene rings is 5. The maximum Gasteiger partial charge on any atom is 0.340 e. The van der Waals surface area contributed by atoms with Crippen molar-refractivity contribution in [1.82, 2.24) is 0 Å². The van der Waals surface area contributed by atoms with Gasteiger partial charge in [0.1, 0.15) is 29.6 Å². The molecule has 0 saturated heterocycles. The lowest BCUT2D eigenvalue weighted by Gasteiger charge is -2.36. The molecule has 186 valence electrons. The number of rotatable bonds is 3. The van der Waals surface area contributed by atoms with E-state index in [0.29, 0.717) is 40.5 Å². The summed E-state index contributed by atoms with van der Waals surface area (Å²) in [6.07, 6.45) is 1.66. The molecule has 5 nitrogen and oxygen atoms in total. The van der Waals surface area contributed by atoms with E-state index in [4.69, 9.17) is 14.2 Å². The van der Waals surface area contributed by atoms with E-state index in [1.54, 1.807) is 30.3 Å². The molecule has 5 aromatic rings. The van der Waals surface area contributed by atoms with Crippen molar-refractivity contribution in [3.8, 4) is 23.0 Å². The Bertz CT molecular complexity index is 1620. The summed E-state index contributed by atoms with van der Waals surface area (Å²) in [7, 11) is 0. The monoisotopic (exact) mass is 500 g/mol. The molecule has 0 fully saturated rings. The van der Waals surface area contributed by atoms with E-state index >= 15 is 0 Å². The predicted molar refractivity (Wildman–Crippen MR) is 146 cm³/mol. The Balaban J connectivity index is 0.000000221. The topological polar surface area (TPSA) is 65.0 Å². The van der Waals surface area contributed by atoms with E-state index in [9.17, 15) is 9.90 Å². The number of hydrogen-bond acceptors (Lipinski definition) is 5. The molecule has 1 unspecified atom stereocenters. The second-order valence-corrected chi connectivity index (χ2v) is 9.00. The predicted octanol–water partition coefficient (Wildman–Crippen LogP) is 7.36. The molecule has 0 amide bonds. The third kappa shape index (κ3) is 3.85. The number of ether oxygens (including phenoxy) is 3. The van der Waals surface area contributed by atoms with E-state index in [1.807, 2.05) is 30.3 Å². The van der Waals surface area contributed by atoms with E-state index in [2.05, 4.69) is 55.1 Å². The Kier molecular flexibility index (Phi) is 5.81. The average Bonchev–Trinajstić information content (AvgIpc) is 3.24. The molecule has 5 aromatic carbocycles. The molecule has 2 aliphatic rings. The highest BCUT2D eigenvalue weighted by molar-refractivity contribution is 5.97. The summed E-state index contributed by atoms with van der Waals surface area (Å²) in [5, 5.41) is 12.6. The van der Waals surface area contributed by atoms with Crippen molar-refractivity contribution >= 4 is 16.7 Å². The van der Waals surface area contributed by atoms with Crippen molar-refractivity contribution in [3.05, 3.63) is 144 Å². The summed E-state index contributed by atoms with van der Waals surface area (Å²) in [4.78, 5) is 12.7. The molecule has 1 N–H and O–H groups in total. The third-order valence-corrected chi connectivity index (χ3v) is 6.70. The minimum absolute atomic E-state index is 0.0639.